The van der Waals surface area contributed by atoms with Gasteiger partial charge in [0.1, 0.15) is 0 Å². The predicted octanol–water partition coefficient (Wildman–Crippen LogP) is 3.90. The number of rotatable bonds is 1. The molecule has 0 aromatic carbocycles. The van der Waals surface area contributed by atoms with Crippen molar-refractivity contribution in [2.45, 2.75) is 26.2 Å². The van der Waals surface area contributed by atoms with E-state index in [0.29, 0.717) is 0 Å². The highest BCUT2D eigenvalue weighted by atomic mass is 35.5. The third-order valence-corrected chi connectivity index (χ3v) is 3.54. The SMILES string of the molecule is Cn1[c]c(-c2ccc(Cl)s2)c(C(C)(C)C)n1. The fraction of sp³-hybridized carbons (Fsp3) is 0.417. The molecule has 0 saturated heterocycles. The average Bonchev–Trinajstić information content (AvgIpc) is 2.70. The van der Waals surface area contributed by atoms with E-state index in [-0.39, 0.29) is 5.41 Å². The number of nitrogens with zero attached hydrogens (tertiary/aromatic N) is 2. The molecule has 1 radical (unpaired) electrons. The molecule has 0 spiro atoms. The first-order chi connectivity index (χ1) is 7.38. The van der Waals surface area contributed by atoms with Crippen LogP contribution in [0.15, 0.2) is 12.1 Å². The molecule has 0 N–H and O–H groups in total. The first kappa shape index (κ1) is 11.7. The molecule has 0 aliphatic heterocycles. The molecule has 2 rings (SSSR count). The Morgan fingerprint density at radius 3 is 2.56 bits per heavy atom. The molecule has 0 bridgehead atoms. The Bertz CT molecular complexity index is 505. The highest BCUT2D eigenvalue weighted by Gasteiger charge is 2.23. The molecule has 4 heteroatoms. The van der Waals surface area contributed by atoms with Crippen LogP contribution in [0.2, 0.25) is 4.34 Å². The molecule has 0 saturated carbocycles. The summed E-state index contributed by atoms with van der Waals surface area (Å²) in [5, 5.41) is 4.49. The minimum absolute atomic E-state index is 0.0174. The summed E-state index contributed by atoms with van der Waals surface area (Å²) in [6.45, 7) is 6.46. The van der Waals surface area contributed by atoms with Crippen LogP contribution in [0.25, 0.3) is 10.4 Å². The second-order valence-corrected chi connectivity index (χ2v) is 6.53. The van der Waals surface area contributed by atoms with Crippen molar-refractivity contribution in [1.82, 2.24) is 9.78 Å². The van der Waals surface area contributed by atoms with Crippen molar-refractivity contribution in [3.8, 4) is 10.4 Å². The van der Waals surface area contributed by atoms with Crippen molar-refractivity contribution in [2.24, 2.45) is 7.05 Å². The van der Waals surface area contributed by atoms with Gasteiger partial charge in [0.2, 0.25) is 0 Å². The van der Waals surface area contributed by atoms with E-state index >= 15 is 0 Å². The quantitative estimate of drug-likeness (QED) is 0.754. The highest BCUT2D eigenvalue weighted by Crippen LogP contribution is 2.36. The van der Waals surface area contributed by atoms with Gasteiger partial charge in [-0.1, -0.05) is 32.4 Å². The predicted molar refractivity (Wildman–Crippen MR) is 69.1 cm³/mol. The lowest BCUT2D eigenvalue weighted by molar-refractivity contribution is 0.554. The van der Waals surface area contributed by atoms with Gasteiger partial charge in [-0.3, -0.25) is 4.68 Å². The maximum absolute atomic E-state index is 5.96. The van der Waals surface area contributed by atoms with E-state index in [1.807, 2.05) is 19.2 Å². The molecule has 0 atom stereocenters. The zero-order chi connectivity index (χ0) is 11.9. The summed E-state index contributed by atoms with van der Waals surface area (Å²) in [6, 6.07) is 3.94. The van der Waals surface area contributed by atoms with Crippen LogP contribution < -0.4 is 0 Å². The first-order valence-corrected chi connectivity index (χ1v) is 6.30. The van der Waals surface area contributed by atoms with Crippen molar-refractivity contribution in [3.63, 3.8) is 0 Å². The summed E-state index contributed by atoms with van der Waals surface area (Å²) in [5.41, 5.74) is 2.14. The van der Waals surface area contributed by atoms with Gasteiger partial charge in [-0.25, -0.2) is 0 Å². The largest absolute Gasteiger partial charge is 0.265 e. The zero-order valence-electron chi connectivity index (χ0n) is 9.84. The van der Waals surface area contributed by atoms with E-state index in [1.54, 1.807) is 16.0 Å². The molecule has 0 aliphatic carbocycles. The molecule has 2 heterocycles. The van der Waals surface area contributed by atoms with Crippen LogP contribution >= 0.6 is 22.9 Å². The average molecular weight is 254 g/mol. The maximum Gasteiger partial charge on any atom is 0.0956 e. The van der Waals surface area contributed by atoms with E-state index in [4.69, 9.17) is 11.6 Å². The maximum atomic E-state index is 5.96. The number of thiophene rings is 1. The molecular weight excluding hydrogens is 240 g/mol. The van der Waals surface area contributed by atoms with Crippen LogP contribution in [0.5, 0.6) is 0 Å². The van der Waals surface area contributed by atoms with E-state index in [0.717, 1.165) is 20.5 Å². The number of aryl methyl sites for hydroxylation is 1. The van der Waals surface area contributed by atoms with Crippen molar-refractivity contribution < 1.29 is 0 Å². The van der Waals surface area contributed by atoms with Crippen molar-refractivity contribution in [1.29, 1.82) is 0 Å². The monoisotopic (exact) mass is 253 g/mol. The van der Waals surface area contributed by atoms with Gasteiger partial charge >= 0.3 is 0 Å². The smallest absolute Gasteiger partial charge is 0.0956 e. The second kappa shape index (κ2) is 3.90. The lowest BCUT2D eigenvalue weighted by Gasteiger charge is -2.16. The molecular formula is C12H14ClN2S. The van der Waals surface area contributed by atoms with Crippen LogP contribution in [0.1, 0.15) is 26.5 Å². The molecule has 2 aromatic heterocycles. The van der Waals surface area contributed by atoms with Crippen molar-refractivity contribution >= 4 is 22.9 Å². The van der Waals surface area contributed by atoms with Crippen LogP contribution in [-0.4, -0.2) is 9.78 Å². The number of hydrogen-bond acceptors (Lipinski definition) is 2. The van der Waals surface area contributed by atoms with Crippen LogP contribution in [0, 0.1) is 6.20 Å². The van der Waals surface area contributed by atoms with Crippen LogP contribution in [-0.2, 0) is 12.5 Å². The fourth-order valence-corrected chi connectivity index (χ4v) is 2.62. The Morgan fingerprint density at radius 1 is 1.38 bits per heavy atom. The Balaban J connectivity index is 2.57. The van der Waals surface area contributed by atoms with Crippen molar-refractivity contribution in [2.75, 3.05) is 0 Å². The number of aromatic nitrogens is 2. The lowest BCUT2D eigenvalue weighted by Crippen LogP contribution is -2.13. The third-order valence-electron chi connectivity index (χ3n) is 2.29. The summed E-state index contributed by atoms with van der Waals surface area (Å²) in [5.74, 6) is 0. The summed E-state index contributed by atoms with van der Waals surface area (Å²) in [4.78, 5) is 1.13. The minimum Gasteiger partial charge on any atom is -0.265 e. The summed E-state index contributed by atoms with van der Waals surface area (Å²) < 4.78 is 2.54. The van der Waals surface area contributed by atoms with Gasteiger partial charge < -0.3 is 0 Å². The Morgan fingerprint density at radius 2 is 2.06 bits per heavy atom. The van der Waals surface area contributed by atoms with Gasteiger partial charge in [0.05, 0.1) is 16.2 Å². The van der Waals surface area contributed by atoms with Gasteiger partial charge in [-0.2, -0.15) is 5.10 Å². The van der Waals surface area contributed by atoms with Crippen LogP contribution in [0.4, 0.5) is 0 Å². The van der Waals surface area contributed by atoms with Crippen molar-refractivity contribution in [3.05, 3.63) is 28.4 Å². The summed E-state index contributed by atoms with van der Waals surface area (Å²) in [6.07, 6.45) is 3.24. The molecule has 2 aromatic rings. The van der Waals surface area contributed by atoms with E-state index in [9.17, 15) is 0 Å². The molecule has 16 heavy (non-hydrogen) atoms. The lowest BCUT2D eigenvalue weighted by atomic mass is 9.89. The zero-order valence-corrected chi connectivity index (χ0v) is 11.4. The number of halogens is 1. The molecule has 0 amide bonds. The Hall–Kier alpha value is -0.800. The second-order valence-electron chi connectivity index (χ2n) is 4.81. The summed E-state index contributed by atoms with van der Waals surface area (Å²) >= 11 is 7.53. The number of hydrogen-bond donors (Lipinski definition) is 0. The molecule has 2 nitrogen and oxygen atoms in total. The molecule has 0 fully saturated rings. The topological polar surface area (TPSA) is 17.8 Å². The van der Waals surface area contributed by atoms with Crippen LogP contribution in [0.3, 0.4) is 0 Å². The van der Waals surface area contributed by atoms with E-state index < -0.39 is 0 Å². The molecule has 85 valence electrons. The summed E-state index contributed by atoms with van der Waals surface area (Å²) in [7, 11) is 1.90. The van der Waals surface area contributed by atoms with Gasteiger partial charge in [0.15, 0.2) is 0 Å². The highest BCUT2D eigenvalue weighted by molar-refractivity contribution is 7.19. The molecule has 0 unspecified atom stereocenters. The van der Waals surface area contributed by atoms with E-state index in [1.165, 1.54) is 0 Å². The Kier molecular flexibility index (Phi) is 2.84. The van der Waals surface area contributed by atoms with Gasteiger partial charge in [0.25, 0.3) is 0 Å². The van der Waals surface area contributed by atoms with E-state index in [2.05, 4.69) is 32.1 Å². The Labute approximate surface area is 105 Å². The molecule has 0 aliphatic rings. The third kappa shape index (κ3) is 2.15. The first-order valence-electron chi connectivity index (χ1n) is 5.10. The standard InChI is InChI=1S/C12H14ClN2S/c1-12(2,3)11-8(7-15(4)14-11)9-5-6-10(13)16-9/h5-6H,1-4H3. The normalized spacial score (nSPS) is 12.1. The van der Waals surface area contributed by atoms with Gasteiger partial charge in [-0.15, -0.1) is 11.3 Å². The fourth-order valence-electron chi connectivity index (χ4n) is 1.59. The van der Waals surface area contributed by atoms with Gasteiger partial charge in [-0.05, 0) is 12.1 Å². The minimum atomic E-state index is 0.0174. The van der Waals surface area contributed by atoms with Gasteiger partial charge in [0, 0.05) is 22.9 Å².